The number of benzene rings is 1. The molecule has 1 aromatic heterocycles. The fraction of sp³-hybridized carbons (Fsp3) is 0.586. The van der Waals surface area contributed by atoms with Gasteiger partial charge in [-0.25, -0.2) is 9.78 Å². The number of fused-ring (bicyclic) bond motifs is 1. The molecule has 0 spiro atoms. The first-order chi connectivity index (χ1) is 20.0. The number of carbonyl (C=O) groups is 3. The average Bonchev–Trinajstić information content (AvgIpc) is 3.61. The van der Waals surface area contributed by atoms with Crippen molar-refractivity contribution in [3.63, 3.8) is 0 Å². The van der Waals surface area contributed by atoms with Gasteiger partial charge in [0, 0.05) is 30.6 Å². The van der Waals surface area contributed by atoms with Crippen molar-refractivity contribution in [1.82, 2.24) is 20.5 Å². The number of nitrogens with zero attached hydrogens (tertiary/aromatic N) is 2. The number of amides is 3. The number of carbonyl (C=O) groups excluding carboxylic acids is 3. The summed E-state index contributed by atoms with van der Waals surface area (Å²) < 4.78 is 11.8. The molecule has 1 saturated heterocycles. The van der Waals surface area contributed by atoms with Gasteiger partial charge in [0.1, 0.15) is 24.3 Å². The average molecular weight is 583 g/mol. The van der Waals surface area contributed by atoms with Crippen molar-refractivity contribution < 1.29 is 39.0 Å². The van der Waals surface area contributed by atoms with Crippen LogP contribution in [0.2, 0.25) is 0 Å². The second-order valence-electron chi connectivity index (χ2n) is 12.1. The maximum atomic E-state index is 14.1. The zero-order valence-corrected chi connectivity index (χ0v) is 24.3. The minimum Gasteiger partial charge on any atom is -0.855 e. The van der Waals surface area contributed by atoms with Gasteiger partial charge in [-0.05, 0) is 55.0 Å². The Kier molecular flexibility index (Phi) is 10.3. The molecule has 4 atom stereocenters. The van der Waals surface area contributed by atoms with Crippen molar-refractivity contribution in [3.05, 3.63) is 36.5 Å². The summed E-state index contributed by atoms with van der Waals surface area (Å²) in [5, 5.41) is 37.6. The Morgan fingerprint density at radius 3 is 2.52 bits per heavy atom. The lowest BCUT2D eigenvalue weighted by molar-refractivity contribution is -0.221. The lowest BCUT2D eigenvalue weighted by Gasteiger charge is -2.35. The largest absolute Gasteiger partial charge is 0.855 e. The van der Waals surface area contributed by atoms with E-state index in [1.54, 1.807) is 27.0 Å². The minimum atomic E-state index is -2.16. The normalized spacial score (nSPS) is 20.7. The van der Waals surface area contributed by atoms with Crippen molar-refractivity contribution in [1.29, 1.82) is 0 Å². The monoisotopic (exact) mass is 583 g/mol. The molecule has 12 nitrogen and oxygen atoms in total. The molecule has 228 valence electrons. The number of rotatable bonds is 10. The first-order valence-electron chi connectivity index (χ1n) is 14.5. The topological polar surface area (TPSA) is 173 Å². The fourth-order valence-corrected chi connectivity index (χ4v) is 5.55. The summed E-state index contributed by atoms with van der Waals surface area (Å²) >= 11 is 0. The van der Waals surface area contributed by atoms with Gasteiger partial charge in [-0.1, -0.05) is 39.0 Å². The summed E-state index contributed by atoms with van der Waals surface area (Å²) in [5.74, 6) is -2.08. The number of hydrogen-bond donors (Lipinski definition) is 4. The highest BCUT2D eigenvalue weighted by atomic mass is 16.6. The van der Waals surface area contributed by atoms with Crippen molar-refractivity contribution in [2.45, 2.75) is 89.5 Å². The second kappa shape index (κ2) is 13.7. The molecule has 0 bridgehead atoms. The summed E-state index contributed by atoms with van der Waals surface area (Å²) in [6.07, 6.45) is 3.52. The predicted molar refractivity (Wildman–Crippen MR) is 153 cm³/mol. The van der Waals surface area contributed by atoms with Crippen molar-refractivity contribution in [3.8, 4) is 5.88 Å². The van der Waals surface area contributed by atoms with Crippen LogP contribution in [0.25, 0.3) is 10.8 Å². The number of aliphatic hydroxyl groups is 1. The van der Waals surface area contributed by atoms with E-state index < -0.39 is 61.2 Å². The lowest BCUT2D eigenvalue weighted by Crippen LogP contribution is -2.60. The van der Waals surface area contributed by atoms with Crippen LogP contribution in [-0.2, 0) is 14.3 Å². The van der Waals surface area contributed by atoms with Gasteiger partial charge < -0.3 is 40.2 Å². The number of alkyl carbamates (subject to hydrolysis) is 1. The van der Waals surface area contributed by atoms with Crippen molar-refractivity contribution in [2.24, 2.45) is 5.41 Å². The molecule has 4 N–H and O–H groups in total. The van der Waals surface area contributed by atoms with Gasteiger partial charge in [0.05, 0.1) is 6.54 Å². The molecular formula is C29H40BN4O8-. The SMILES string of the molecule is CC(C)(C)[C@H](NC(=O)OC1CCCC1)C(=O)N1C[C@H](Oc2nccc3ccccc23)C[C@H]1C(=O)N[C@@H](CCO)B([O-])O. The zero-order valence-electron chi connectivity index (χ0n) is 24.3. The summed E-state index contributed by atoms with van der Waals surface area (Å²) in [5.41, 5.74) is -0.742. The van der Waals surface area contributed by atoms with Gasteiger partial charge >= 0.3 is 6.09 Å². The Labute approximate surface area is 245 Å². The molecule has 1 aliphatic carbocycles. The minimum absolute atomic E-state index is 0.0123. The van der Waals surface area contributed by atoms with Gasteiger partial charge in [-0.2, -0.15) is 0 Å². The molecule has 1 saturated carbocycles. The predicted octanol–water partition coefficient (Wildman–Crippen LogP) is 0.914. The quantitative estimate of drug-likeness (QED) is 0.297. The van der Waals surface area contributed by atoms with Crippen LogP contribution in [0.4, 0.5) is 4.79 Å². The highest BCUT2D eigenvalue weighted by Gasteiger charge is 2.46. The zero-order chi connectivity index (χ0) is 30.4. The van der Waals surface area contributed by atoms with Gasteiger partial charge in [-0.3, -0.25) is 9.59 Å². The summed E-state index contributed by atoms with van der Waals surface area (Å²) in [6, 6.07) is 7.28. The second-order valence-corrected chi connectivity index (χ2v) is 12.1. The van der Waals surface area contributed by atoms with E-state index in [1.807, 2.05) is 30.3 Å². The van der Waals surface area contributed by atoms with Crippen molar-refractivity contribution >= 4 is 35.8 Å². The fourth-order valence-electron chi connectivity index (χ4n) is 5.55. The van der Waals surface area contributed by atoms with Crippen LogP contribution < -0.4 is 20.4 Å². The Bertz CT molecular complexity index is 1240. The Morgan fingerprint density at radius 1 is 1.14 bits per heavy atom. The smallest absolute Gasteiger partial charge is 0.408 e. The molecule has 3 amide bonds. The molecule has 2 aromatic rings. The Balaban J connectivity index is 1.58. The number of ether oxygens (including phenoxy) is 2. The maximum absolute atomic E-state index is 14.1. The first kappa shape index (κ1) is 31.5. The van der Waals surface area contributed by atoms with Crippen LogP contribution in [0.15, 0.2) is 36.5 Å². The van der Waals surface area contributed by atoms with Crippen LogP contribution >= 0.6 is 0 Å². The highest BCUT2D eigenvalue weighted by Crippen LogP contribution is 2.30. The van der Waals surface area contributed by atoms with E-state index in [4.69, 9.17) is 9.47 Å². The van der Waals surface area contributed by atoms with Crippen molar-refractivity contribution in [2.75, 3.05) is 13.2 Å². The van der Waals surface area contributed by atoms with Gasteiger partial charge in [0.2, 0.25) is 24.8 Å². The number of nitrogens with one attached hydrogen (secondary N) is 2. The number of likely N-dealkylation sites (tertiary alicyclic amines) is 1. The van der Waals surface area contributed by atoms with Crippen LogP contribution in [0, 0.1) is 5.41 Å². The molecule has 2 aliphatic rings. The van der Waals surface area contributed by atoms with E-state index in [0.717, 1.165) is 36.5 Å². The van der Waals surface area contributed by atoms with Gasteiger partial charge in [0.15, 0.2) is 0 Å². The molecule has 2 heterocycles. The highest BCUT2D eigenvalue weighted by molar-refractivity contribution is 6.41. The number of pyridine rings is 1. The van der Waals surface area contributed by atoms with E-state index in [0.29, 0.717) is 5.88 Å². The molecule has 2 fully saturated rings. The number of aliphatic hydroxyl groups excluding tert-OH is 1. The standard InChI is InChI=1S/C29H40BN4O8/c1-29(2,3)24(33-28(38)42-19-9-5-6-10-19)27(37)34-17-20(16-22(34)25(36)32-23(13-15-35)30(39)40)41-26-21-11-7-4-8-18(21)12-14-31-26/h4,7-8,11-12,14,19-20,22-24,35,39H,5-6,9-10,13,15-17H2,1-3H3,(H,32,36)(H,33,38)/q-1/t20-,22+,23+,24-/m1/s1. The third-order valence-electron chi connectivity index (χ3n) is 7.83. The van der Waals surface area contributed by atoms with E-state index in [2.05, 4.69) is 15.6 Å². The molecule has 0 radical (unpaired) electrons. The molecule has 0 unspecified atom stereocenters. The third-order valence-corrected chi connectivity index (χ3v) is 7.83. The number of aromatic nitrogens is 1. The molecule has 1 aliphatic heterocycles. The maximum Gasteiger partial charge on any atom is 0.408 e. The van der Waals surface area contributed by atoms with Crippen LogP contribution in [-0.4, -0.2) is 88.4 Å². The molecule has 1 aromatic carbocycles. The Hall–Kier alpha value is -3.42. The van der Waals surface area contributed by atoms with Crippen LogP contribution in [0.3, 0.4) is 0 Å². The van der Waals surface area contributed by atoms with Crippen LogP contribution in [0.1, 0.15) is 59.3 Å². The first-order valence-corrected chi connectivity index (χ1v) is 14.5. The van der Waals surface area contributed by atoms with E-state index in [1.165, 1.54) is 4.90 Å². The van der Waals surface area contributed by atoms with Gasteiger partial charge in [-0.15, -0.1) is 0 Å². The van der Waals surface area contributed by atoms with E-state index >= 15 is 0 Å². The molecule has 13 heteroatoms. The lowest BCUT2D eigenvalue weighted by atomic mass is 9.77. The van der Waals surface area contributed by atoms with E-state index in [-0.39, 0.29) is 25.5 Å². The Morgan fingerprint density at radius 2 is 1.86 bits per heavy atom. The molecule has 4 rings (SSSR count). The summed E-state index contributed by atoms with van der Waals surface area (Å²) in [7, 11) is -2.16. The van der Waals surface area contributed by atoms with Crippen LogP contribution in [0.5, 0.6) is 5.88 Å². The van der Waals surface area contributed by atoms with E-state index in [9.17, 15) is 29.5 Å². The summed E-state index contributed by atoms with van der Waals surface area (Å²) in [6.45, 7) is 4.99. The third kappa shape index (κ3) is 7.70. The molecule has 42 heavy (non-hydrogen) atoms. The molecular weight excluding hydrogens is 543 g/mol. The van der Waals surface area contributed by atoms with Gasteiger partial charge in [0.25, 0.3) is 0 Å². The number of hydrogen-bond acceptors (Lipinski definition) is 9. The summed E-state index contributed by atoms with van der Waals surface area (Å²) in [4.78, 5) is 46.1.